The van der Waals surface area contributed by atoms with Crippen LogP contribution in [0.4, 0.5) is 4.39 Å². The zero-order chi connectivity index (χ0) is 14.7. The van der Waals surface area contributed by atoms with E-state index in [0.717, 1.165) is 47.3 Å². The molecule has 1 aliphatic rings. The fourth-order valence-corrected chi connectivity index (χ4v) is 4.02. The third-order valence-corrected chi connectivity index (χ3v) is 5.27. The van der Waals surface area contributed by atoms with Crippen LogP contribution in [0.15, 0.2) is 18.2 Å². The second-order valence-corrected chi connectivity index (χ2v) is 6.95. The highest BCUT2D eigenvalue weighted by Crippen LogP contribution is 2.26. The molecule has 2 aromatic rings. The van der Waals surface area contributed by atoms with Crippen molar-refractivity contribution in [2.75, 3.05) is 26.7 Å². The van der Waals surface area contributed by atoms with Gasteiger partial charge in [-0.25, -0.2) is 9.37 Å². The average Bonchev–Trinajstić information content (AvgIpc) is 2.88. The summed E-state index contributed by atoms with van der Waals surface area (Å²) in [7, 11) is 2.02. The predicted molar refractivity (Wildman–Crippen MR) is 93.4 cm³/mol. The molecule has 0 unspecified atom stereocenters. The molecule has 6 heteroatoms. The largest absolute Gasteiger partial charge is 0.320 e. The summed E-state index contributed by atoms with van der Waals surface area (Å²) >= 11 is 1.62. The summed E-state index contributed by atoms with van der Waals surface area (Å²) in [6, 6.07) is 4.84. The van der Waals surface area contributed by atoms with Crippen LogP contribution in [0, 0.1) is 11.7 Å². The van der Waals surface area contributed by atoms with Gasteiger partial charge in [0.1, 0.15) is 10.8 Å². The average molecular weight is 344 g/mol. The van der Waals surface area contributed by atoms with Gasteiger partial charge in [0.05, 0.1) is 16.8 Å². The third-order valence-electron chi connectivity index (χ3n) is 4.26. The summed E-state index contributed by atoms with van der Waals surface area (Å²) in [5.74, 6) is 0.682. The first-order valence-corrected chi connectivity index (χ1v) is 8.48. The van der Waals surface area contributed by atoms with Crippen molar-refractivity contribution in [2.24, 2.45) is 5.92 Å². The van der Waals surface area contributed by atoms with Crippen LogP contribution in [-0.2, 0) is 6.54 Å². The van der Waals surface area contributed by atoms with E-state index in [9.17, 15) is 4.39 Å². The van der Waals surface area contributed by atoms with Crippen LogP contribution in [0.2, 0.25) is 0 Å². The van der Waals surface area contributed by atoms with Gasteiger partial charge in [0.15, 0.2) is 0 Å². The van der Waals surface area contributed by atoms with Crippen molar-refractivity contribution in [3.8, 4) is 0 Å². The van der Waals surface area contributed by atoms with Crippen LogP contribution < -0.4 is 5.32 Å². The van der Waals surface area contributed by atoms with Gasteiger partial charge in [-0.15, -0.1) is 23.7 Å². The summed E-state index contributed by atoms with van der Waals surface area (Å²) in [5.41, 5.74) is 0.917. The van der Waals surface area contributed by atoms with Gasteiger partial charge in [-0.05, 0) is 70.1 Å². The summed E-state index contributed by atoms with van der Waals surface area (Å²) in [6.45, 7) is 4.32. The number of nitrogens with one attached hydrogen (secondary N) is 1. The van der Waals surface area contributed by atoms with Crippen LogP contribution in [0.5, 0.6) is 0 Å². The molecule has 1 aromatic heterocycles. The van der Waals surface area contributed by atoms with E-state index in [0.29, 0.717) is 0 Å². The van der Waals surface area contributed by atoms with Crippen molar-refractivity contribution in [2.45, 2.75) is 25.8 Å². The SMILES string of the molecule is CNCCC1CCN(Cc2nc3ccc(F)cc3s2)CC1.Cl. The van der Waals surface area contributed by atoms with Gasteiger partial charge in [0.2, 0.25) is 0 Å². The Bertz CT molecular complexity index is 596. The van der Waals surface area contributed by atoms with Gasteiger partial charge in [0, 0.05) is 0 Å². The number of rotatable bonds is 5. The monoisotopic (exact) mass is 343 g/mol. The number of thiazole rings is 1. The number of fused-ring (bicyclic) bond motifs is 1. The molecular weight excluding hydrogens is 321 g/mol. The standard InChI is InChI=1S/C16H22FN3S.ClH/c1-18-7-4-12-5-8-20(9-6-12)11-16-19-14-3-2-13(17)10-15(14)21-16;/h2-3,10,12,18H,4-9,11H2,1H3;1H. The van der Waals surface area contributed by atoms with Gasteiger partial charge in [-0.3, -0.25) is 4.90 Å². The van der Waals surface area contributed by atoms with E-state index in [1.807, 2.05) is 7.05 Å². The maximum absolute atomic E-state index is 13.2. The summed E-state index contributed by atoms with van der Waals surface area (Å²) < 4.78 is 14.2. The summed E-state index contributed by atoms with van der Waals surface area (Å²) in [4.78, 5) is 7.09. The maximum Gasteiger partial charge on any atom is 0.124 e. The predicted octanol–water partition coefficient (Wildman–Crippen LogP) is 3.68. The molecule has 0 aliphatic carbocycles. The first-order valence-electron chi connectivity index (χ1n) is 7.66. The Hall–Kier alpha value is -0.750. The minimum atomic E-state index is -0.178. The van der Waals surface area contributed by atoms with E-state index in [4.69, 9.17) is 0 Å². The van der Waals surface area contributed by atoms with Gasteiger partial charge in [-0.2, -0.15) is 0 Å². The van der Waals surface area contributed by atoms with Crippen LogP contribution in [0.25, 0.3) is 10.2 Å². The highest BCUT2D eigenvalue weighted by Gasteiger charge is 2.19. The van der Waals surface area contributed by atoms with Crippen LogP contribution >= 0.6 is 23.7 Å². The smallest absolute Gasteiger partial charge is 0.124 e. The Labute approximate surface area is 141 Å². The second-order valence-electron chi connectivity index (χ2n) is 5.83. The normalized spacial score (nSPS) is 16.8. The first kappa shape index (κ1) is 17.6. The Morgan fingerprint density at radius 3 is 2.86 bits per heavy atom. The van der Waals surface area contributed by atoms with E-state index in [2.05, 4.69) is 15.2 Å². The maximum atomic E-state index is 13.2. The number of hydrogen-bond donors (Lipinski definition) is 1. The number of benzene rings is 1. The highest BCUT2D eigenvalue weighted by atomic mass is 35.5. The lowest BCUT2D eigenvalue weighted by atomic mass is 9.93. The number of nitrogens with zero attached hydrogens (tertiary/aromatic N) is 2. The van der Waals surface area contributed by atoms with E-state index in [-0.39, 0.29) is 18.2 Å². The van der Waals surface area contributed by atoms with Crippen molar-refractivity contribution in [1.29, 1.82) is 0 Å². The molecule has 1 aliphatic heterocycles. The minimum absolute atomic E-state index is 0. The molecule has 0 atom stereocenters. The Morgan fingerprint density at radius 1 is 1.36 bits per heavy atom. The van der Waals surface area contributed by atoms with Gasteiger partial charge in [0.25, 0.3) is 0 Å². The molecule has 0 radical (unpaired) electrons. The van der Waals surface area contributed by atoms with E-state index in [1.54, 1.807) is 23.5 Å². The number of likely N-dealkylation sites (tertiary alicyclic amines) is 1. The van der Waals surface area contributed by atoms with Crippen molar-refractivity contribution < 1.29 is 4.39 Å². The molecule has 0 amide bonds. The Balaban J connectivity index is 0.00000176. The van der Waals surface area contributed by atoms with Crippen molar-refractivity contribution >= 4 is 34.0 Å². The highest BCUT2D eigenvalue weighted by molar-refractivity contribution is 7.18. The zero-order valence-electron chi connectivity index (χ0n) is 12.8. The van der Waals surface area contributed by atoms with Crippen LogP contribution in [-0.4, -0.2) is 36.6 Å². The Kier molecular flexibility index (Phi) is 6.56. The summed E-state index contributed by atoms with van der Waals surface area (Å²) in [6.07, 6.45) is 3.84. The van der Waals surface area contributed by atoms with E-state index in [1.165, 1.54) is 25.3 Å². The van der Waals surface area contributed by atoms with E-state index >= 15 is 0 Å². The Morgan fingerprint density at radius 2 is 2.14 bits per heavy atom. The van der Waals surface area contributed by atoms with Crippen LogP contribution in [0.3, 0.4) is 0 Å². The number of halogens is 2. The number of piperidine rings is 1. The van der Waals surface area contributed by atoms with Crippen molar-refractivity contribution in [1.82, 2.24) is 15.2 Å². The quantitative estimate of drug-likeness (QED) is 0.897. The molecule has 3 nitrogen and oxygen atoms in total. The molecule has 3 rings (SSSR count). The molecular formula is C16H23ClFN3S. The fraction of sp³-hybridized carbons (Fsp3) is 0.562. The lowest BCUT2D eigenvalue weighted by Crippen LogP contribution is -2.34. The number of hydrogen-bond acceptors (Lipinski definition) is 4. The van der Waals surface area contributed by atoms with Gasteiger partial charge < -0.3 is 5.32 Å². The third kappa shape index (κ3) is 4.38. The van der Waals surface area contributed by atoms with E-state index < -0.39 is 0 Å². The first-order chi connectivity index (χ1) is 10.2. The molecule has 1 N–H and O–H groups in total. The second kappa shape index (κ2) is 8.20. The molecule has 2 heterocycles. The summed E-state index contributed by atoms with van der Waals surface area (Å²) in [5, 5.41) is 4.33. The molecule has 1 aromatic carbocycles. The molecule has 0 spiro atoms. The van der Waals surface area contributed by atoms with Crippen molar-refractivity contribution in [3.05, 3.63) is 29.0 Å². The lowest BCUT2D eigenvalue weighted by Gasteiger charge is -2.31. The van der Waals surface area contributed by atoms with Gasteiger partial charge >= 0.3 is 0 Å². The number of aromatic nitrogens is 1. The minimum Gasteiger partial charge on any atom is -0.320 e. The van der Waals surface area contributed by atoms with Crippen molar-refractivity contribution in [3.63, 3.8) is 0 Å². The molecule has 0 bridgehead atoms. The van der Waals surface area contributed by atoms with Crippen LogP contribution in [0.1, 0.15) is 24.3 Å². The topological polar surface area (TPSA) is 28.2 Å². The molecule has 0 saturated carbocycles. The zero-order valence-corrected chi connectivity index (χ0v) is 14.5. The fourth-order valence-electron chi connectivity index (χ4n) is 2.99. The molecule has 1 saturated heterocycles. The molecule has 22 heavy (non-hydrogen) atoms. The molecule has 1 fully saturated rings. The molecule has 122 valence electrons. The lowest BCUT2D eigenvalue weighted by molar-refractivity contribution is 0.172. The van der Waals surface area contributed by atoms with Gasteiger partial charge in [-0.1, -0.05) is 0 Å².